The zero-order valence-electron chi connectivity index (χ0n) is 6.08. The Morgan fingerprint density at radius 1 is 1.09 bits per heavy atom. The van der Waals surface area contributed by atoms with Crippen molar-refractivity contribution in [3.05, 3.63) is 0 Å². The molecule has 0 aromatic rings. The van der Waals surface area contributed by atoms with Crippen molar-refractivity contribution in [3.8, 4) is 0 Å². The summed E-state index contributed by atoms with van der Waals surface area (Å²) in [7, 11) is 4.97. The first-order valence-electron chi connectivity index (χ1n) is 3.48. The van der Waals surface area contributed by atoms with Gasteiger partial charge in [-0.15, -0.1) is 0 Å². The molecule has 0 nitrogen and oxygen atoms in total. The average Bonchev–Trinajstić information content (AvgIpc) is 1.85. The van der Waals surface area contributed by atoms with E-state index in [2.05, 4.69) is 0 Å². The third-order valence-electron chi connectivity index (χ3n) is 1.24. The first-order chi connectivity index (χ1) is 5.06. The van der Waals surface area contributed by atoms with E-state index < -0.39 is 3.79 Å². The molecule has 0 bridgehead atoms. The van der Waals surface area contributed by atoms with Crippen molar-refractivity contribution in [1.82, 2.24) is 0 Å². The summed E-state index contributed by atoms with van der Waals surface area (Å²) in [6.07, 6.45) is 4.06. The minimum atomic E-state index is -1.05. The van der Waals surface area contributed by atoms with Gasteiger partial charge >= 0.3 is 97.2 Å². The molecule has 0 aromatic heterocycles. The predicted octanol–water partition coefficient (Wildman–Crippen LogP) is 4.15. The summed E-state index contributed by atoms with van der Waals surface area (Å²) < 4.78 is 0.229. The number of halogens is 3. The zero-order valence-corrected chi connectivity index (χ0v) is 12.0. The molecule has 0 saturated carbocycles. The van der Waals surface area contributed by atoms with Crippen LogP contribution in [-0.4, -0.2) is 23.0 Å². The first kappa shape index (κ1) is 12.9. The van der Waals surface area contributed by atoms with Gasteiger partial charge in [-0.05, 0) is 0 Å². The molecule has 0 aliphatic rings. The number of hydrogen-bond acceptors (Lipinski definition) is 1. The van der Waals surface area contributed by atoms with Crippen LogP contribution in [0.15, 0.2) is 0 Å². The second kappa shape index (κ2) is 7.31. The molecule has 0 aromatic carbocycles. The van der Waals surface area contributed by atoms with Gasteiger partial charge in [0.2, 0.25) is 0 Å². The van der Waals surface area contributed by atoms with Crippen LogP contribution in [0.1, 0.15) is 25.7 Å². The van der Waals surface area contributed by atoms with Crippen LogP contribution in [0.3, 0.4) is 0 Å². The Hall–Kier alpha value is 1.89. The molecule has 5 heteroatoms. The first-order valence-corrected chi connectivity index (χ1v) is 10.5. The number of hydrogen-bond donors (Lipinski definition) is 0. The molecular formula is C6H10Cl3SSn. The van der Waals surface area contributed by atoms with Crippen LogP contribution in [0.4, 0.5) is 0 Å². The van der Waals surface area contributed by atoms with Crippen LogP contribution < -0.4 is 0 Å². The standard InChI is InChI=1S/C6H10Cl3.S.Sn/c1-2-3-4-5-6(7,8)9;;/h1-5H2;;. The minimum absolute atomic E-state index is 0.389. The Bertz CT molecular complexity index is 113. The van der Waals surface area contributed by atoms with E-state index in [4.69, 9.17) is 44.1 Å². The van der Waals surface area contributed by atoms with E-state index in [1.54, 1.807) is 0 Å². The van der Waals surface area contributed by atoms with Crippen LogP contribution in [-0.2, 0) is 0 Å². The van der Waals surface area contributed by atoms with Crippen molar-refractivity contribution in [3.63, 3.8) is 0 Å². The SMILES string of the molecule is [S]=[Sn][CH2]CCCCC(Cl)(Cl)Cl. The average molecular weight is 339 g/mol. The van der Waals surface area contributed by atoms with Gasteiger partial charge in [-0.25, -0.2) is 0 Å². The maximum atomic E-state index is 5.57. The Kier molecular flexibility index (Phi) is 8.56. The summed E-state index contributed by atoms with van der Waals surface area (Å²) in [4.78, 5) is 0. The molecule has 11 heavy (non-hydrogen) atoms. The summed E-state index contributed by atoms with van der Waals surface area (Å²) >= 11 is 16.3. The molecule has 0 aliphatic heterocycles. The molecule has 0 N–H and O–H groups in total. The molecule has 0 unspecified atom stereocenters. The van der Waals surface area contributed by atoms with Crippen molar-refractivity contribution in [2.24, 2.45) is 0 Å². The molecule has 0 saturated heterocycles. The van der Waals surface area contributed by atoms with Gasteiger partial charge in [0.15, 0.2) is 0 Å². The topological polar surface area (TPSA) is 0 Å². The summed E-state index contributed by atoms with van der Waals surface area (Å²) in [5, 5.41) is 0. The normalized spacial score (nSPS) is 11.5. The van der Waals surface area contributed by atoms with Crippen molar-refractivity contribution in [2.45, 2.75) is 33.9 Å². The molecule has 65 valence electrons. The molecule has 0 atom stereocenters. The second-order valence-electron chi connectivity index (χ2n) is 2.32. The number of rotatable bonds is 5. The molecule has 0 heterocycles. The summed E-state index contributed by atoms with van der Waals surface area (Å²) in [5.41, 5.74) is 0. The van der Waals surface area contributed by atoms with Gasteiger partial charge in [0.1, 0.15) is 0 Å². The molecule has 0 spiro atoms. The van der Waals surface area contributed by atoms with Gasteiger partial charge < -0.3 is 0 Å². The summed E-state index contributed by atoms with van der Waals surface area (Å²) in [6, 6.07) is 0. The van der Waals surface area contributed by atoms with E-state index in [1.165, 1.54) is 10.9 Å². The molecular weight excluding hydrogens is 329 g/mol. The van der Waals surface area contributed by atoms with E-state index in [0.29, 0.717) is 6.42 Å². The quantitative estimate of drug-likeness (QED) is 0.412. The van der Waals surface area contributed by atoms with Gasteiger partial charge in [0.25, 0.3) is 0 Å². The Morgan fingerprint density at radius 3 is 2.18 bits per heavy atom. The van der Waals surface area contributed by atoms with Crippen LogP contribution in [0, 0.1) is 0 Å². The van der Waals surface area contributed by atoms with E-state index in [0.717, 1.165) is 12.8 Å². The molecule has 1 radical (unpaired) electrons. The van der Waals surface area contributed by atoms with Crippen LogP contribution >= 0.6 is 44.1 Å². The van der Waals surface area contributed by atoms with Crippen molar-refractivity contribution >= 4 is 63.3 Å². The van der Waals surface area contributed by atoms with Crippen molar-refractivity contribution < 1.29 is 0 Å². The Balaban J connectivity index is 3.08. The molecule has 0 amide bonds. The van der Waals surface area contributed by atoms with Gasteiger partial charge in [-0.1, -0.05) is 0 Å². The molecule has 0 fully saturated rings. The summed E-state index contributed by atoms with van der Waals surface area (Å²) in [6.45, 7) is 0. The van der Waals surface area contributed by atoms with Crippen LogP contribution in [0.5, 0.6) is 0 Å². The second-order valence-corrected chi connectivity index (χ2v) is 9.02. The third-order valence-corrected chi connectivity index (χ3v) is 4.77. The fourth-order valence-electron chi connectivity index (χ4n) is 0.699. The summed E-state index contributed by atoms with van der Waals surface area (Å²) in [5.74, 6) is 0. The fourth-order valence-corrected chi connectivity index (χ4v) is 3.19. The van der Waals surface area contributed by atoms with Gasteiger partial charge in [0, 0.05) is 0 Å². The van der Waals surface area contributed by atoms with Gasteiger partial charge in [-0.2, -0.15) is 0 Å². The van der Waals surface area contributed by atoms with E-state index in [9.17, 15) is 0 Å². The maximum absolute atomic E-state index is 5.57. The van der Waals surface area contributed by atoms with E-state index in [-0.39, 0.29) is 19.2 Å². The third kappa shape index (κ3) is 11.9. The van der Waals surface area contributed by atoms with Crippen LogP contribution in [0.2, 0.25) is 4.44 Å². The Morgan fingerprint density at radius 2 is 1.73 bits per heavy atom. The van der Waals surface area contributed by atoms with E-state index in [1.807, 2.05) is 0 Å². The number of unbranched alkanes of at least 4 members (excludes halogenated alkanes) is 2. The fraction of sp³-hybridized carbons (Fsp3) is 1.00. The zero-order chi connectivity index (χ0) is 8.74. The van der Waals surface area contributed by atoms with E-state index >= 15 is 0 Å². The van der Waals surface area contributed by atoms with Crippen molar-refractivity contribution in [2.75, 3.05) is 0 Å². The Labute approximate surface area is 96.3 Å². The monoisotopic (exact) mass is 339 g/mol. The van der Waals surface area contributed by atoms with Crippen LogP contribution in [0.25, 0.3) is 0 Å². The molecule has 0 aliphatic carbocycles. The van der Waals surface area contributed by atoms with Crippen molar-refractivity contribution in [1.29, 1.82) is 0 Å². The number of alkyl halides is 3. The molecule has 0 rings (SSSR count). The predicted molar refractivity (Wildman–Crippen MR) is 56.9 cm³/mol. The van der Waals surface area contributed by atoms with Gasteiger partial charge in [-0.3, -0.25) is 0 Å². The van der Waals surface area contributed by atoms with Gasteiger partial charge in [0.05, 0.1) is 0 Å².